The molecule has 0 bridgehead atoms. The lowest BCUT2D eigenvalue weighted by Crippen LogP contribution is -2.19. The fourth-order valence-corrected chi connectivity index (χ4v) is 1.96. The molecule has 0 aliphatic rings. The molecule has 102 valence electrons. The van der Waals surface area contributed by atoms with E-state index in [1.165, 1.54) is 11.1 Å². The minimum Gasteiger partial charge on any atom is -0.377 e. The highest BCUT2D eigenvalue weighted by molar-refractivity contribution is 5.26. The van der Waals surface area contributed by atoms with Gasteiger partial charge in [0, 0.05) is 25.4 Å². The number of H-pyrrole nitrogens is 1. The molecule has 1 heterocycles. The van der Waals surface area contributed by atoms with Crippen LogP contribution < -0.4 is 5.32 Å². The summed E-state index contributed by atoms with van der Waals surface area (Å²) in [5.41, 5.74) is 3.62. The van der Waals surface area contributed by atoms with Crippen LogP contribution in [0.25, 0.3) is 0 Å². The van der Waals surface area contributed by atoms with Gasteiger partial charge in [0.15, 0.2) is 0 Å². The molecular weight excluding hydrogens is 238 g/mol. The van der Waals surface area contributed by atoms with Gasteiger partial charge in [0.2, 0.25) is 0 Å². The Morgan fingerprint density at radius 1 is 1.26 bits per heavy atom. The summed E-state index contributed by atoms with van der Waals surface area (Å²) in [4.78, 5) is 0. The first kappa shape index (κ1) is 13.8. The number of ether oxygens (including phenoxy) is 1. The predicted octanol–water partition coefficient (Wildman–Crippen LogP) is 2.80. The van der Waals surface area contributed by atoms with E-state index in [1.807, 2.05) is 13.0 Å². The molecule has 1 aromatic heterocycles. The van der Waals surface area contributed by atoms with E-state index in [1.54, 1.807) is 6.20 Å². The summed E-state index contributed by atoms with van der Waals surface area (Å²) in [6.45, 7) is 6.38. The molecule has 0 saturated heterocycles. The number of rotatable bonds is 7. The fourth-order valence-electron chi connectivity index (χ4n) is 1.96. The van der Waals surface area contributed by atoms with E-state index in [9.17, 15) is 0 Å². The van der Waals surface area contributed by atoms with Gasteiger partial charge in [-0.1, -0.05) is 24.3 Å². The van der Waals surface area contributed by atoms with Crippen LogP contribution in [0.1, 0.15) is 36.7 Å². The molecule has 4 nitrogen and oxygen atoms in total. The zero-order chi connectivity index (χ0) is 13.5. The zero-order valence-electron chi connectivity index (χ0n) is 11.5. The number of hydrogen-bond acceptors (Lipinski definition) is 3. The van der Waals surface area contributed by atoms with E-state index in [0.717, 1.165) is 18.8 Å². The number of hydrogen-bond donors (Lipinski definition) is 2. The van der Waals surface area contributed by atoms with Crippen LogP contribution in [0.4, 0.5) is 0 Å². The molecule has 0 saturated carbocycles. The summed E-state index contributed by atoms with van der Waals surface area (Å²) >= 11 is 0. The van der Waals surface area contributed by atoms with Crippen molar-refractivity contribution in [2.24, 2.45) is 0 Å². The first-order valence-corrected chi connectivity index (χ1v) is 6.68. The summed E-state index contributed by atoms with van der Waals surface area (Å²) in [5, 5.41) is 10.4. The highest BCUT2D eigenvalue weighted by Crippen LogP contribution is 2.13. The van der Waals surface area contributed by atoms with Crippen molar-refractivity contribution in [3.63, 3.8) is 0 Å². The van der Waals surface area contributed by atoms with Gasteiger partial charge in [-0.3, -0.25) is 5.10 Å². The van der Waals surface area contributed by atoms with Crippen molar-refractivity contribution in [2.75, 3.05) is 6.61 Å². The minimum absolute atomic E-state index is 0.252. The normalized spacial score (nSPS) is 12.5. The largest absolute Gasteiger partial charge is 0.377 e. The topological polar surface area (TPSA) is 49.9 Å². The van der Waals surface area contributed by atoms with Gasteiger partial charge in [-0.15, -0.1) is 0 Å². The van der Waals surface area contributed by atoms with E-state index in [0.29, 0.717) is 6.61 Å². The van der Waals surface area contributed by atoms with E-state index in [2.05, 4.69) is 46.7 Å². The highest BCUT2D eigenvalue weighted by atomic mass is 16.5. The van der Waals surface area contributed by atoms with E-state index < -0.39 is 0 Å². The molecule has 1 aromatic carbocycles. The first-order chi connectivity index (χ1) is 9.31. The van der Waals surface area contributed by atoms with Gasteiger partial charge in [-0.25, -0.2) is 0 Å². The molecule has 0 fully saturated rings. The Morgan fingerprint density at radius 2 is 2.05 bits per heavy atom. The van der Waals surface area contributed by atoms with Crippen LogP contribution in [-0.4, -0.2) is 16.8 Å². The maximum absolute atomic E-state index is 5.50. The van der Waals surface area contributed by atoms with Gasteiger partial charge in [0.1, 0.15) is 0 Å². The van der Waals surface area contributed by atoms with Crippen molar-refractivity contribution in [1.29, 1.82) is 0 Å². The Bertz CT molecular complexity index is 482. The second kappa shape index (κ2) is 7.07. The van der Waals surface area contributed by atoms with E-state index in [4.69, 9.17) is 4.74 Å². The molecule has 19 heavy (non-hydrogen) atoms. The minimum atomic E-state index is 0.252. The Hall–Kier alpha value is -1.65. The molecule has 1 unspecified atom stereocenters. The van der Waals surface area contributed by atoms with Crippen molar-refractivity contribution in [2.45, 2.75) is 33.0 Å². The fraction of sp³-hybridized carbons (Fsp3) is 0.400. The number of nitrogens with one attached hydrogen (secondary N) is 2. The number of aromatic nitrogens is 2. The SMILES string of the molecule is CCOCc1ccccc1CNC(C)c1ccn[nH]1. The Balaban J connectivity index is 1.95. The van der Waals surface area contributed by atoms with Gasteiger partial charge in [0.25, 0.3) is 0 Å². The van der Waals surface area contributed by atoms with E-state index >= 15 is 0 Å². The predicted molar refractivity (Wildman–Crippen MR) is 75.6 cm³/mol. The van der Waals surface area contributed by atoms with E-state index in [-0.39, 0.29) is 6.04 Å². The Morgan fingerprint density at radius 3 is 2.74 bits per heavy atom. The van der Waals surface area contributed by atoms with Crippen LogP contribution in [-0.2, 0) is 17.9 Å². The third kappa shape index (κ3) is 3.91. The molecule has 0 spiro atoms. The summed E-state index contributed by atoms with van der Waals surface area (Å²) in [6.07, 6.45) is 1.77. The summed E-state index contributed by atoms with van der Waals surface area (Å²) in [7, 11) is 0. The smallest absolute Gasteiger partial charge is 0.0719 e. The van der Waals surface area contributed by atoms with Gasteiger partial charge in [-0.05, 0) is 31.0 Å². The average Bonchev–Trinajstić information content (AvgIpc) is 2.97. The van der Waals surface area contributed by atoms with Gasteiger partial charge in [-0.2, -0.15) is 5.10 Å². The first-order valence-electron chi connectivity index (χ1n) is 6.68. The number of aromatic amines is 1. The maximum Gasteiger partial charge on any atom is 0.0719 e. The quantitative estimate of drug-likeness (QED) is 0.804. The molecule has 0 radical (unpaired) electrons. The molecule has 2 N–H and O–H groups in total. The lowest BCUT2D eigenvalue weighted by Gasteiger charge is -2.14. The maximum atomic E-state index is 5.50. The molecule has 0 amide bonds. The van der Waals surface area contributed by atoms with Gasteiger partial charge in [0.05, 0.1) is 12.3 Å². The summed E-state index contributed by atoms with van der Waals surface area (Å²) in [5.74, 6) is 0. The van der Waals surface area contributed by atoms with Crippen molar-refractivity contribution < 1.29 is 4.74 Å². The van der Waals surface area contributed by atoms with Gasteiger partial charge >= 0.3 is 0 Å². The highest BCUT2D eigenvalue weighted by Gasteiger charge is 2.07. The second-order valence-corrected chi connectivity index (χ2v) is 4.52. The van der Waals surface area contributed by atoms with Crippen LogP contribution in [0.3, 0.4) is 0 Å². The lowest BCUT2D eigenvalue weighted by molar-refractivity contribution is 0.133. The molecule has 4 heteroatoms. The molecule has 2 rings (SSSR count). The number of benzene rings is 1. The van der Waals surface area contributed by atoms with Crippen LogP contribution in [0.15, 0.2) is 36.5 Å². The lowest BCUT2D eigenvalue weighted by atomic mass is 10.1. The van der Waals surface area contributed by atoms with Crippen LogP contribution in [0.2, 0.25) is 0 Å². The van der Waals surface area contributed by atoms with Crippen molar-refractivity contribution in [3.8, 4) is 0 Å². The molecule has 1 atom stereocenters. The molecule has 0 aliphatic heterocycles. The standard InChI is InChI=1S/C15H21N3O/c1-3-19-11-14-7-5-4-6-13(14)10-16-12(2)15-8-9-17-18-15/h4-9,12,16H,3,10-11H2,1-2H3,(H,17,18). The molecular formula is C15H21N3O. The molecule has 2 aromatic rings. The second-order valence-electron chi connectivity index (χ2n) is 4.52. The van der Waals surface area contributed by atoms with Crippen LogP contribution >= 0.6 is 0 Å². The van der Waals surface area contributed by atoms with Crippen molar-refractivity contribution >= 4 is 0 Å². The third-order valence-corrected chi connectivity index (χ3v) is 3.17. The monoisotopic (exact) mass is 259 g/mol. The van der Waals surface area contributed by atoms with Crippen molar-refractivity contribution in [1.82, 2.24) is 15.5 Å². The van der Waals surface area contributed by atoms with Crippen LogP contribution in [0.5, 0.6) is 0 Å². The average molecular weight is 259 g/mol. The molecule has 0 aliphatic carbocycles. The Kier molecular flexibility index (Phi) is 5.12. The van der Waals surface area contributed by atoms with Crippen LogP contribution in [0, 0.1) is 0 Å². The summed E-state index contributed by atoms with van der Waals surface area (Å²) < 4.78 is 5.50. The Labute approximate surface area is 114 Å². The van der Waals surface area contributed by atoms with Gasteiger partial charge < -0.3 is 10.1 Å². The van der Waals surface area contributed by atoms with Crippen molar-refractivity contribution in [3.05, 3.63) is 53.3 Å². The zero-order valence-corrected chi connectivity index (χ0v) is 11.5. The summed E-state index contributed by atoms with van der Waals surface area (Å²) in [6, 6.07) is 10.6. The number of nitrogens with zero attached hydrogens (tertiary/aromatic N) is 1. The third-order valence-electron chi connectivity index (χ3n) is 3.17.